The van der Waals surface area contributed by atoms with Crippen LogP contribution in [0, 0.1) is 5.92 Å². The molecule has 0 radical (unpaired) electrons. The summed E-state index contributed by atoms with van der Waals surface area (Å²) >= 11 is 0. The van der Waals surface area contributed by atoms with Gasteiger partial charge in [0.25, 0.3) is 0 Å². The maximum absolute atomic E-state index is 10.5. The lowest BCUT2D eigenvalue weighted by Gasteiger charge is -1.99. The third-order valence-corrected chi connectivity index (χ3v) is 1.84. The van der Waals surface area contributed by atoms with Crippen LogP contribution in [0.1, 0.15) is 12.5 Å². The predicted octanol–water partition coefficient (Wildman–Crippen LogP) is 1.83. The summed E-state index contributed by atoms with van der Waals surface area (Å²) in [6.07, 6.45) is 1.69. The van der Waals surface area contributed by atoms with Gasteiger partial charge in [-0.3, -0.25) is 9.79 Å². The summed E-state index contributed by atoms with van der Waals surface area (Å²) in [6, 6.07) is 9.62. The Morgan fingerprint density at radius 2 is 2.14 bits per heavy atom. The zero-order chi connectivity index (χ0) is 10.4. The van der Waals surface area contributed by atoms with Gasteiger partial charge in [0.2, 0.25) is 0 Å². The second-order valence-electron chi connectivity index (χ2n) is 3.14. The van der Waals surface area contributed by atoms with Crippen molar-refractivity contribution in [2.24, 2.45) is 10.9 Å². The van der Waals surface area contributed by atoms with E-state index in [2.05, 4.69) is 4.99 Å². The van der Waals surface area contributed by atoms with Gasteiger partial charge in [-0.05, 0) is 5.56 Å². The van der Waals surface area contributed by atoms with Crippen molar-refractivity contribution < 1.29 is 9.90 Å². The minimum Gasteiger partial charge on any atom is -0.481 e. The van der Waals surface area contributed by atoms with E-state index in [1.165, 1.54) is 0 Å². The number of hydrogen-bond donors (Lipinski definition) is 1. The van der Waals surface area contributed by atoms with Gasteiger partial charge in [0.1, 0.15) is 0 Å². The van der Waals surface area contributed by atoms with Crippen LogP contribution in [0.3, 0.4) is 0 Å². The van der Waals surface area contributed by atoms with Crippen molar-refractivity contribution in [3.05, 3.63) is 35.9 Å². The lowest BCUT2D eigenvalue weighted by atomic mass is 10.2. The molecule has 3 heteroatoms. The van der Waals surface area contributed by atoms with Crippen molar-refractivity contribution in [1.82, 2.24) is 0 Å². The minimum atomic E-state index is -0.810. The van der Waals surface area contributed by atoms with Crippen molar-refractivity contribution in [3.63, 3.8) is 0 Å². The van der Waals surface area contributed by atoms with Crippen LogP contribution in [0.4, 0.5) is 0 Å². The summed E-state index contributed by atoms with van der Waals surface area (Å²) in [4.78, 5) is 14.5. The Morgan fingerprint density at radius 1 is 1.50 bits per heavy atom. The van der Waals surface area contributed by atoms with Crippen molar-refractivity contribution in [2.45, 2.75) is 6.92 Å². The van der Waals surface area contributed by atoms with E-state index in [1.807, 2.05) is 30.3 Å². The zero-order valence-corrected chi connectivity index (χ0v) is 8.05. The number of aliphatic carboxylic acids is 1. The average molecular weight is 191 g/mol. The summed E-state index contributed by atoms with van der Waals surface area (Å²) in [5.74, 6) is -1.23. The monoisotopic (exact) mass is 191 g/mol. The second kappa shape index (κ2) is 5.17. The van der Waals surface area contributed by atoms with Crippen LogP contribution in [-0.2, 0) is 4.79 Å². The van der Waals surface area contributed by atoms with Crippen LogP contribution in [0.2, 0.25) is 0 Å². The van der Waals surface area contributed by atoms with Crippen LogP contribution >= 0.6 is 0 Å². The molecular weight excluding hydrogens is 178 g/mol. The lowest BCUT2D eigenvalue weighted by Crippen LogP contribution is -2.12. The van der Waals surface area contributed by atoms with Crippen molar-refractivity contribution in [3.8, 4) is 0 Å². The third-order valence-electron chi connectivity index (χ3n) is 1.84. The first-order chi connectivity index (χ1) is 6.70. The minimum absolute atomic E-state index is 0.324. The molecular formula is C11H13NO2. The highest BCUT2D eigenvalue weighted by Crippen LogP contribution is 1.97. The van der Waals surface area contributed by atoms with E-state index in [0.717, 1.165) is 5.56 Å². The molecule has 0 aliphatic rings. The fourth-order valence-electron chi connectivity index (χ4n) is 0.933. The van der Waals surface area contributed by atoms with Crippen LogP contribution in [-0.4, -0.2) is 23.8 Å². The van der Waals surface area contributed by atoms with Crippen molar-refractivity contribution in [1.29, 1.82) is 0 Å². The molecule has 0 bridgehead atoms. The Kier molecular flexibility index (Phi) is 3.85. The topological polar surface area (TPSA) is 49.7 Å². The molecule has 1 aromatic carbocycles. The van der Waals surface area contributed by atoms with Gasteiger partial charge in [0, 0.05) is 6.21 Å². The first-order valence-corrected chi connectivity index (χ1v) is 4.48. The van der Waals surface area contributed by atoms with Crippen LogP contribution in [0.5, 0.6) is 0 Å². The molecule has 0 aliphatic carbocycles. The average Bonchev–Trinajstić information content (AvgIpc) is 2.19. The molecule has 1 atom stereocenters. The predicted molar refractivity (Wildman–Crippen MR) is 55.7 cm³/mol. The molecule has 0 fully saturated rings. The fraction of sp³-hybridized carbons (Fsp3) is 0.273. The highest BCUT2D eigenvalue weighted by molar-refractivity contribution is 5.79. The van der Waals surface area contributed by atoms with Gasteiger partial charge < -0.3 is 5.11 Å². The molecule has 14 heavy (non-hydrogen) atoms. The fourth-order valence-corrected chi connectivity index (χ4v) is 0.933. The Morgan fingerprint density at radius 3 is 2.71 bits per heavy atom. The van der Waals surface area contributed by atoms with Crippen LogP contribution in [0.25, 0.3) is 0 Å². The van der Waals surface area contributed by atoms with Gasteiger partial charge in [0.05, 0.1) is 12.5 Å². The normalized spacial score (nSPS) is 12.9. The Bertz CT molecular complexity index is 319. The standard InChI is InChI=1S/C11H13NO2/c1-9(11(13)14)7-12-8-10-5-3-2-4-6-10/h2-6,8-9H,7H2,1H3,(H,13,14). The van der Waals surface area contributed by atoms with E-state index in [9.17, 15) is 4.79 Å². The van der Waals surface area contributed by atoms with Gasteiger partial charge in [0.15, 0.2) is 0 Å². The van der Waals surface area contributed by atoms with Gasteiger partial charge >= 0.3 is 5.97 Å². The number of carbonyl (C=O) groups is 1. The number of carboxylic acids is 1. The number of rotatable bonds is 4. The van der Waals surface area contributed by atoms with Crippen LogP contribution < -0.4 is 0 Å². The van der Waals surface area contributed by atoms with Gasteiger partial charge in [-0.15, -0.1) is 0 Å². The molecule has 0 spiro atoms. The molecule has 1 unspecified atom stereocenters. The maximum atomic E-state index is 10.5. The van der Waals surface area contributed by atoms with Gasteiger partial charge in [-0.2, -0.15) is 0 Å². The van der Waals surface area contributed by atoms with Crippen molar-refractivity contribution >= 4 is 12.2 Å². The third kappa shape index (κ3) is 3.39. The van der Waals surface area contributed by atoms with E-state index in [-0.39, 0.29) is 0 Å². The van der Waals surface area contributed by atoms with E-state index in [0.29, 0.717) is 6.54 Å². The number of nitrogens with zero attached hydrogens (tertiary/aromatic N) is 1. The summed E-state index contributed by atoms with van der Waals surface area (Å²) in [5, 5.41) is 8.61. The molecule has 0 aliphatic heterocycles. The van der Waals surface area contributed by atoms with E-state index < -0.39 is 11.9 Å². The molecule has 3 nitrogen and oxygen atoms in total. The number of hydrogen-bond acceptors (Lipinski definition) is 2. The summed E-state index contributed by atoms with van der Waals surface area (Å²) in [6.45, 7) is 1.97. The van der Waals surface area contributed by atoms with E-state index in [4.69, 9.17) is 5.11 Å². The molecule has 1 aromatic rings. The highest BCUT2D eigenvalue weighted by Gasteiger charge is 2.08. The lowest BCUT2D eigenvalue weighted by molar-refractivity contribution is -0.140. The van der Waals surface area contributed by atoms with E-state index >= 15 is 0 Å². The number of carboxylic acid groups (broad SMARTS) is 1. The molecule has 1 N–H and O–H groups in total. The zero-order valence-electron chi connectivity index (χ0n) is 8.05. The smallest absolute Gasteiger partial charge is 0.308 e. The number of benzene rings is 1. The van der Waals surface area contributed by atoms with Gasteiger partial charge in [-0.25, -0.2) is 0 Å². The Labute approximate surface area is 83.1 Å². The molecule has 0 heterocycles. The highest BCUT2D eigenvalue weighted by atomic mass is 16.4. The molecule has 74 valence electrons. The van der Waals surface area contributed by atoms with Crippen molar-refractivity contribution in [2.75, 3.05) is 6.54 Å². The van der Waals surface area contributed by atoms with Crippen LogP contribution in [0.15, 0.2) is 35.3 Å². The summed E-state index contributed by atoms with van der Waals surface area (Å²) in [5.41, 5.74) is 0.991. The Hall–Kier alpha value is -1.64. The molecule has 0 saturated heterocycles. The molecule has 0 saturated carbocycles. The van der Waals surface area contributed by atoms with E-state index in [1.54, 1.807) is 13.1 Å². The number of aliphatic imine (C=N–C) groups is 1. The molecule has 0 aromatic heterocycles. The second-order valence-corrected chi connectivity index (χ2v) is 3.14. The Balaban J connectivity index is 2.46. The first kappa shape index (κ1) is 10.4. The molecule has 1 rings (SSSR count). The first-order valence-electron chi connectivity index (χ1n) is 4.48. The summed E-state index contributed by atoms with van der Waals surface area (Å²) < 4.78 is 0. The molecule has 0 amide bonds. The SMILES string of the molecule is CC(CN=Cc1ccccc1)C(=O)O. The summed E-state index contributed by atoms with van der Waals surface area (Å²) in [7, 11) is 0. The van der Waals surface area contributed by atoms with Gasteiger partial charge in [-0.1, -0.05) is 37.3 Å². The maximum Gasteiger partial charge on any atom is 0.308 e. The quantitative estimate of drug-likeness (QED) is 0.738. The largest absolute Gasteiger partial charge is 0.481 e.